The zero-order chi connectivity index (χ0) is 17.3. The summed E-state index contributed by atoms with van der Waals surface area (Å²) in [6.45, 7) is 8.43. The molecule has 24 heavy (non-hydrogen) atoms. The standard InChI is InChI=1S/C15H26N8O/c1-15(2,3)23-19-14(17-20-23)10-21-9-12(24-4)7-11(21)8-22-6-5-13(16)18-22/h5-6,11-12H,7-10H2,1-4H3,(H2,16,18)/t11-,12+/m0/s1. The summed E-state index contributed by atoms with van der Waals surface area (Å²) in [7, 11) is 1.76. The number of methoxy groups -OCH3 is 1. The van der Waals surface area contributed by atoms with Gasteiger partial charge in [0.25, 0.3) is 0 Å². The Bertz CT molecular complexity index is 673. The average molecular weight is 334 g/mol. The lowest BCUT2D eigenvalue weighted by atomic mass is 10.1. The summed E-state index contributed by atoms with van der Waals surface area (Å²) < 4.78 is 7.43. The van der Waals surface area contributed by atoms with Crippen LogP contribution in [-0.2, 0) is 23.4 Å². The van der Waals surface area contributed by atoms with Crippen molar-refractivity contribution in [2.75, 3.05) is 19.4 Å². The third-order valence-electron chi connectivity index (χ3n) is 4.28. The van der Waals surface area contributed by atoms with E-state index >= 15 is 0 Å². The van der Waals surface area contributed by atoms with Crippen molar-refractivity contribution in [2.24, 2.45) is 0 Å². The van der Waals surface area contributed by atoms with Crippen LogP contribution in [0.1, 0.15) is 33.0 Å². The van der Waals surface area contributed by atoms with Crippen LogP contribution < -0.4 is 5.73 Å². The molecule has 1 aliphatic rings. The lowest BCUT2D eigenvalue weighted by molar-refractivity contribution is 0.107. The van der Waals surface area contributed by atoms with Crippen molar-refractivity contribution < 1.29 is 4.74 Å². The maximum absolute atomic E-state index is 5.71. The molecule has 0 unspecified atom stereocenters. The minimum atomic E-state index is -0.169. The van der Waals surface area contributed by atoms with E-state index in [0.717, 1.165) is 25.3 Å². The number of nitrogens with two attached hydrogens (primary N) is 1. The summed E-state index contributed by atoms with van der Waals surface area (Å²) in [5.74, 6) is 1.27. The number of likely N-dealkylation sites (tertiary alicyclic amines) is 1. The molecule has 132 valence electrons. The zero-order valence-electron chi connectivity index (χ0n) is 14.8. The lowest BCUT2D eigenvalue weighted by Crippen LogP contribution is -2.33. The fourth-order valence-electron chi connectivity index (χ4n) is 2.96. The van der Waals surface area contributed by atoms with Gasteiger partial charge < -0.3 is 10.5 Å². The second-order valence-corrected chi connectivity index (χ2v) is 7.31. The molecule has 9 nitrogen and oxygen atoms in total. The number of ether oxygens (including phenoxy) is 1. The molecular formula is C15H26N8O. The van der Waals surface area contributed by atoms with Crippen molar-refractivity contribution in [1.82, 2.24) is 34.9 Å². The highest BCUT2D eigenvalue weighted by Crippen LogP contribution is 2.23. The Morgan fingerprint density at radius 1 is 1.33 bits per heavy atom. The second-order valence-electron chi connectivity index (χ2n) is 7.31. The molecule has 0 amide bonds. The van der Waals surface area contributed by atoms with Gasteiger partial charge in [0.15, 0.2) is 5.82 Å². The number of rotatable bonds is 5. The summed E-state index contributed by atoms with van der Waals surface area (Å²) in [6.07, 6.45) is 3.06. The Hall–Kier alpha value is -2.00. The summed E-state index contributed by atoms with van der Waals surface area (Å²) in [6, 6.07) is 2.11. The molecule has 2 aromatic rings. The van der Waals surface area contributed by atoms with Gasteiger partial charge in [0.05, 0.1) is 24.7 Å². The largest absolute Gasteiger partial charge is 0.382 e. The van der Waals surface area contributed by atoms with Crippen LogP contribution in [-0.4, -0.2) is 60.7 Å². The van der Waals surface area contributed by atoms with Gasteiger partial charge in [-0.05, 0) is 38.5 Å². The number of tetrazole rings is 1. The minimum absolute atomic E-state index is 0.169. The van der Waals surface area contributed by atoms with Crippen molar-refractivity contribution in [1.29, 1.82) is 0 Å². The van der Waals surface area contributed by atoms with Crippen LogP contribution in [0.5, 0.6) is 0 Å². The number of nitrogens with zero attached hydrogens (tertiary/aromatic N) is 7. The molecule has 0 bridgehead atoms. The first-order valence-corrected chi connectivity index (χ1v) is 8.20. The van der Waals surface area contributed by atoms with Gasteiger partial charge in [-0.1, -0.05) is 0 Å². The third-order valence-corrected chi connectivity index (χ3v) is 4.28. The molecule has 1 aliphatic heterocycles. The molecule has 0 aliphatic carbocycles. The van der Waals surface area contributed by atoms with Crippen LogP contribution in [0, 0.1) is 0 Å². The average Bonchev–Trinajstić information content (AvgIpc) is 3.21. The van der Waals surface area contributed by atoms with Crippen LogP contribution >= 0.6 is 0 Å². The molecule has 1 fully saturated rings. The Kier molecular flexibility index (Phi) is 4.55. The molecule has 2 atom stereocenters. The monoisotopic (exact) mass is 334 g/mol. The van der Waals surface area contributed by atoms with Crippen molar-refractivity contribution in [2.45, 2.75) is 58.0 Å². The van der Waals surface area contributed by atoms with E-state index in [0.29, 0.717) is 18.4 Å². The maximum Gasteiger partial charge on any atom is 0.188 e. The van der Waals surface area contributed by atoms with Crippen LogP contribution in [0.2, 0.25) is 0 Å². The molecule has 2 N–H and O–H groups in total. The fourth-order valence-corrected chi connectivity index (χ4v) is 2.96. The van der Waals surface area contributed by atoms with Crippen LogP contribution in [0.3, 0.4) is 0 Å². The van der Waals surface area contributed by atoms with Gasteiger partial charge in [-0.3, -0.25) is 9.58 Å². The minimum Gasteiger partial charge on any atom is -0.382 e. The second kappa shape index (κ2) is 6.48. The van der Waals surface area contributed by atoms with Gasteiger partial charge in [-0.2, -0.15) is 9.90 Å². The van der Waals surface area contributed by atoms with Crippen LogP contribution in [0.25, 0.3) is 0 Å². The first-order valence-electron chi connectivity index (χ1n) is 8.20. The smallest absolute Gasteiger partial charge is 0.188 e. The summed E-state index contributed by atoms with van der Waals surface area (Å²) in [4.78, 5) is 3.99. The Morgan fingerprint density at radius 3 is 2.71 bits per heavy atom. The molecule has 2 aromatic heterocycles. The quantitative estimate of drug-likeness (QED) is 0.849. The van der Waals surface area contributed by atoms with Gasteiger partial charge in [-0.25, -0.2) is 0 Å². The van der Waals surface area contributed by atoms with E-state index < -0.39 is 0 Å². The molecule has 0 spiro atoms. The molecule has 0 saturated carbocycles. The van der Waals surface area contributed by atoms with Crippen LogP contribution in [0.4, 0.5) is 5.82 Å². The number of hydrogen-bond donors (Lipinski definition) is 1. The number of anilines is 1. The van der Waals surface area contributed by atoms with Crippen molar-refractivity contribution in [3.63, 3.8) is 0 Å². The number of aromatic nitrogens is 6. The van der Waals surface area contributed by atoms with E-state index in [9.17, 15) is 0 Å². The normalized spacial score (nSPS) is 22.3. The highest BCUT2D eigenvalue weighted by Gasteiger charge is 2.33. The molecule has 1 saturated heterocycles. The van der Waals surface area contributed by atoms with E-state index in [1.807, 2.05) is 16.9 Å². The lowest BCUT2D eigenvalue weighted by Gasteiger charge is -2.22. The molecule has 0 radical (unpaired) electrons. The Balaban J connectivity index is 1.70. The fraction of sp³-hybridized carbons (Fsp3) is 0.733. The van der Waals surface area contributed by atoms with Crippen LogP contribution in [0.15, 0.2) is 12.3 Å². The topological polar surface area (TPSA) is 99.9 Å². The van der Waals surface area contributed by atoms with E-state index in [-0.39, 0.29) is 11.6 Å². The zero-order valence-corrected chi connectivity index (χ0v) is 14.8. The van der Waals surface area contributed by atoms with E-state index in [2.05, 4.69) is 46.2 Å². The Labute approximate surface area is 141 Å². The maximum atomic E-state index is 5.71. The number of hydrogen-bond acceptors (Lipinski definition) is 7. The van der Waals surface area contributed by atoms with E-state index in [1.54, 1.807) is 11.9 Å². The van der Waals surface area contributed by atoms with Gasteiger partial charge in [0, 0.05) is 25.9 Å². The first kappa shape index (κ1) is 16.8. The van der Waals surface area contributed by atoms with Crippen molar-refractivity contribution >= 4 is 5.82 Å². The van der Waals surface area contributed by atoms with E-state index in [4.69, 9.17) is 10.5 Å². The highest BCUT2D eigenvalue weighted by atomic mass is 16.5. The Morgan fingerprint density at radius 2 is 2.12 bits per heavy atom. The molecular weight excluding hydrogens is 308 g/mol. The van der Waals surface area contributed by atoms with Gasteiger partial charge >= 0.3 is 0 Å². The first-order chi connectivity index (χ1) is 11.3. The van der Waals surface area contributed by atoms with Gasteiger partial charge in [-0.15, -0.1) is 10.2 Å². The highest BCUT2D eigenvalue weighted by molar-refractivity contribution is 5.23. The predicted molar refractivity (Wildman–Crippen MR) is 89.1 cm³/mol. The third kappa shape index (κ3) is 3.73. The SMILES string of the molecule is CO[C@@H]1C[C@@H](Cn2ccc(N)n2)N(Cc2nnn(C(C)(C)C)n2)C1. The van der Waals surface area contributed by atoms with Crippen molar-refractivity contribution in [3.05, 3.63) is 18.1 Å². The molecule has 0 aromatic carbocycles. The number of nitrogen functional groups attached to an aromatic ring is 1. The molecule has 3 rings (SSSR count). The summed E-state index contributed by atoms with van der Waals surface area (Å²) in [5, 5.41) is 17.2. The van der Waals surface area contributed by atoms with Crippen molar-refractivity contribution in [3.8, 4) is 0 Å². The molecule has 3 heterocycles. The predicted octanol–water partition coefficient (Wildman–Crippen LogP) is 0.496. The summed E-state index contributed by atoms with van der Waals surface area (Å²) >= 11 is 0. The van der Waals surface area contributed by atoms with Gasteiger partial charge in [0.2, 0.25) is 0 Å². The summed E-state index contributed by atoms with van der Waals surface area (Å²) in [5.41, 5.74) is 5.54. The van der Waals surface area contributed by atoms with E-state index in [1.165, 1.54) is 0 Å². The van der Waals surface area contributed by atoms with Gasteiger partial charge in [0.1, 0.15) is 5.82 Å². The molecule has 9 heteroatoms.